The van der Waals surface area contributed by atoms with E-state index in [4.69, 9.17) is 33.2 Å². The molecule has 6 heteroatoms. The quantitative estimate of drug-likeness (QED) is 0.843. The lowest BCUT2D eigenvalue weighted by Gasteiger charge is -2.39. The lowest BCUT2D eigenvalue weighted by molar-refractivity contribution is -0.130. The fourth-order valence-corrected chi connectivity index (χ4v) is 5.23. The van der Waals surface area contributed by atoms with E-state index in [-0.39, 0.29) is 16.7 Å². The molecule has 1 saturated carbocycles. The predicted molar refractivity (Wildman–Crippen MR) is 100 cm³/mol. The molecule has 1 heterocycles. The van der Waals surface area contributed by atoms with Gasteiger partial charge in [0.2, 0.25) is 5.91 Å². The monoisotopic (exact) mass is 377 g/mol. The number of benzene rings is 1. The van der Waals surface area contributed by atoms with E-state index in [0.717, 1.165) is 29.7 Å². The van der Waals surface area contributed by atoms with Gasteiger partial charge in [0.1, 0.15) is 0 Å². The highest BCUT2D eigenvalue weighted by Gasteiger charge is 2.73. The van der Waals surface area contributed by atoms with E-state index >= 15 is 0 Å². The third kappa shape index (κ3) is 1.82. The van der Waals surface area contributed by atoms with Crippen LogP contribution in [0, 0.1) is 5.41 Å². The summed E-state index contributed by atoms with van der Waals surface area (Å²) in [6, 6.07) is 3.49. The van der Waals surface area contributed by atoms with E-state index in [2.05, 4.69) is 26.1 Å². The molecule has 0 aliphatic heterocycles. The van der Waals surface area contributed by atoms with Crippen LogP contribution in [-0.4, -0.2) is 22.4 Å². The summed E-state index contributed by atoms with van der Waals surface area (Å²) in [5.74, 6) is 0.0520. The van der Waals surface area contributed by atoms with Crippen molar-refractivity contribution < 1.29 is 4.79 Å². The van der Waals surface area contributed by atoms with Crippen molar-refractivity contribution in [2.45, 2.75) is 51.4 Å². The number of hydrogen-bond donors (Lipinski definition) is 1. The first kappa shape index (κ1) is 17.0. The van der Waals surface area contributed by atoms with Crippen LogP contribution in [0.5, 0.6) is 0 Å². The molecule has 1 aromatic heterocycles. The van der Waals surface area contributed by atoms with Gasteiger partial charge in [0, 0.05) is 12.0 Å². The third-order valence-corrected chi connectivity index (χ3v) is 7.53. The highest BCUT2D eigenvalue weighted by atomic mass is 35.5. The molecule has 0 spiro atoms. The van der Waals surface area contributed by atoms with Crippen molar-refractivity contribution in [1.82, 2.24) is 15.3 Å². The van der Waals surface area contributed by atoms with Crippen molar-refractivity contribution in [2.75, 3.05) is 6.54 Å². The zero-order valence-electron chi connectivity index (χ0n) is 14.8. The van der Waals surface area contributed by atoms with Crippen molar-refractivity contribution in [1.29, 1.82) is 0 Å². The van der Waals surface area contributed by atoms with Gasteiger partial charge in [-0.05, 0) is 37.3 Å². The average Bonchev–Trinajstić information content (AvgIpc) is 2.84. The Balaban J connectivity index is 2.06. The molecule has 1 N–H and O–H groups in total. The smallest absolute Gasteiger partial charge is 0.232 e. The van der Waals surface area contributed by atoms with Gasteiger partial charge < -0.3 is 5.32 Å². The second-order valence-corrected chi connectivity index (χ2v) is 8.71. The molecular weight excluding hydrogens is 357 g/mol. The van der Waals surface area contributed by atoms with Crippen LogP contribution in [0.15, 0.2) is 12.1 Å². The second kappa shape index (κ2) is 5.08. The third-order valence-electron chi connectivity index (χ3n) is 6.80. The zero-order chi connectivity index (χ0) is 18.2. The Kier molecular flexibility index (Phi) is 3.46. The number of carbonyl (C=O) groups is 1. The molecule has 1 fully saturated rings. The topological polar surface area (TPSA) is 54.9 Å². The maximum Gasteiger partial charge on any atom is 0.232 e. The molecule has 2 aliphatic rings. The molecule has 0 unspecified atom stereocenters. The van der Waals surface area contributed by atoms with Gasteiger partial charge in [-0.1, -0.05) is 44.0 Å². The first-order valence-corrected chi connectivity index (χ1v) is 9.40. The zero-order valence-corrected chi connectivity index (χ0v) is 16.3. The first-order valence-electron chi connectivity index (χ1n) is 8.65. The van der Waals surface area contributed by atoms with Gasteiger partial charge in [-0.2, -0.15) is 0 Å². The average molecular weight is 378 g/mol. The normalized spacial score (nSPS) is 29.0. The van der Waals surface area contributed by atoms with Crippen molar-refractivity contribution in [3.05, 3.63) is 33.6 Å². The number of nitrogens with one attached hydrogen (secondary N) is 1. The Morgan fingerprint density at radius 2 is 1.64 bits per heavy atom. The Hall–Kier alpha value is -1.39. The van der Waals surface area contributed by atoms with Crippen LogP contribution in [-0.2, 0) is 15.6 Å². The highest BCUT2D eigenvalue weighted by molar-refractivity contribution is 6.42. The molecule has 2 bridgehead atoms. The number of likely N-dealkylation sites (N-methyl/N-ethyl adjacent to an activating group) is 1. The number of rotatable bonds is 2. The molecule has 0 saturated heterocycles. The fraction of sp³-hybridized carbons (Fsp3) is 0.526. The lowest BCUT2D eigenvalue weighted by atomic mass is 9.63. The SMILES string of the molecule is CCNC(=O)[C@]12CC[C@@](C)(c3nc4cc(Cl)c(Cl)cc4nc31)C2(C)C. The van der Waals surface area contributed by atoms with Gasteiger partial charge in [0.05, 0.1) is 37.9 Å². The molecule has 4 rings (SSSR count). The van der Waals surface area contributed by atoms with Gasteiger partial charge >= 0.3 is 0 Å². The van der Waals surface area contributed by atoms with Crippen molar-refractivity contribution >= 4 is 40.1 Å². The molecule has 2 aromatic rings. The van der Waals surface area contributed by atoms with E-state index in [1.54, 1.807) is 12.1 Å². The minimum atomic E-state index is -0.652. The molecular formula is C19H21Cl2N3O. The summed E-state index contributed by atoms with van der Waals surface area (Å²) >= 11 is 12.3. The van der Waals surface area contributed by atoms with Gasteiger partial charge in [-0.15, -0.1) is 0 Å². The highest BCUT2D eigenvalue weighted by Crippen LogP contribution is 2.70. The van der Waals surface area contributed by atoms with E-state index in [0.29, 0.717) is 22.1 Å². The number of halogens is 2. The second-order valence-electron chi connectivity index (χ2n) is 7.90. The largest absolute Gasteiger partial charge is 0.356 e. The Bertz CT molecular complexity index is 927. The summed E-state index contributed by atoms with van der Waals surface area (Å²) in [6.07, 6.45) is 1.71. The molecule has 1 amide bonds. The van der Waals surface area contributed by atoms with Gasteiger partial charge in [0.15, 0.2) is 0 Å². The molecule has 1 aromatic carbocycles. The van der Waals surface area contributed by atoms with E-state index in [1.165, 1.54) is 0 Å². The maximum absolute atomic E-state index is 13.2. The minimum Gasteiger partial charge on any atom is -0.356 e. The van der Waals surface area contributed by atoms with Gasteiger partial charge in [0.25, 0.3) is 0 Å². The Morgan fingerprint density at radius 1 is 1.08 bits per heavy atom. The van der Waals surface area contributed by atoms with Crippen LogP contribution in [0.3, 0.4) is 0 Å². The van der Waals surface area contributed by atoms with Crippen molar-refractivity contribution in [3.63, 3.8) is 0 Å². The first-order chi connectivity index (χ1) is 11.7. The van der Waals surface area contributed by atoms with Crippen LogP contribution in [0.4, 0.5) is 0 Å². The predicted octanol–water partition coefficient (Wildman–Crippen LogP) is 4.40. The van der Waals surface area contributed by atoms with Gasteiger partial charge in [-0.3, -0.25) is 4.79 Å². The molecule has 132 valence electrons. The maximum atomic E-state index is 13.2. The minimum absolute atomic E-state index is 0.0520. The van der Waals surface area contributed by atoms with E-state index in [1.807, 2.05) is 6.92 Å². The summed E-state index contributed by atoms with van der Waals surface area (Å²) in [4.78, 5) is 23.0. The number of carbonyl (C=O) groups excluding carboxylic acids is 1. The summed E-state index contributed by atoms with van der Waals surface area (Å²) in [6.45, 7) is 9.09. The summed E-state index contributed by atoms with van der Waals surface area (Å²) in [5, 5.41) is 3.95. The van der Waals surface area contributed by atoms with Gasteiger partial charge in [-0.25, -0.2) is 9.97 Å². The van der Waals surface area contributed by atoms with Crippen molar-refractivity contribution in [2.24, 2.45) is 5.41 Å². The van der Waals surface area contributed by atoms with Crippen LogP contribution < -0.4 is 5.32 Å². The van der Waals surface area contributed by atoms with Crippen LogP contribution in [0.2, 0.25) is 10.0 Å². The Morgan fingerprint density at radius 3 is 2.20 bits per heavy atom. The standard InChI is InChI=1S/C19H21Cl2N3O/c1-5-22-16(25)19-7-6-18(4,17(19,2)3)14-15(19)24-13-9-11(21)10(20)8-12(13)23-14/h8-9H,5-7H2,1-4H3,(H,22,25)/t18-,19-/m0/s1. The number of amides is 1. The molecule has 0 radical (unpaired) electrons. The number of aromatic nitrogens is 2. The van der Waals surface area contributed by atoms with E-state index in [9.17, 15) is 4.79 Å². The molecule has 2 aliphatic carbocycles. The lowest BCUT2D eigenvalue weighted by Crippen LogP contribution is -2.51. The molecule has 2 atom stereocenters. The van der Waals surface area contributed by atoms with Crippen molar-refractivity contribution in [3.8, 4) is 0 Å². The number of nitrogens with zero attached hydrogens (tertiary/aromatic N) is 2. The fourth-order valence-electron chi connectivity index (χ4n) is 4.91. The van der Waals surface area contributed by atoms with Crippen LogP contribution in [0.1, 0.15) is 51.9 Å². The summed E-state index contributed by atoms with van der Waals surface area (Å²) < 4.78 is 0. The summed E-state index contributed by atoms with van der Waals surface area (Å²) in [5.41, 5.74) is 2.03. The van der Waals surface area contributed by atoms with E-state index < -0.39 is 5.41 Å². The number of fused-ring (bicyclic) bond motifs is 6. The summed E-state index contributed by atoms with van der Waals surface area (Å²) in [7, 11) is 0. The number of hydrogen-bond acceptors (Lipinski definition) is 3. The van der Waals surface area contributed by atoms with Crippen LogP contribution >= 0.6 is 23.2 Å². The molecule has 4 nitrogen and oxygen atoms in total. The Labute approximate surface area is 157 Å². The molecule has 25 heavy (non-hydrogen) atoms. The van der Waals surface area contributed by atoms with Crippen LogP contribution in [0.25, 0.3) is 11.0 Å².